The zero-order valence-corrected chi connectivity index (χ0v) is 19.0. The summed E-state index contributed by atoms with van der Waals surface area (Å²) in [5, 5.41) is 9.83. The lowest BCUT2D eigenvalue weighted by Crippen LogP contribution is -2.39. The number of esters is 1. The van der Waals surface area contributed by atoms with Crippen molar-refractivity contribution >= 4 is 23.4 Å². The zero-order chi connectivity index (χ0) is 23.7. The first-order valence-corrected chi connectivity index (χ1v) is 11.0. The second kappa shape index (κ2) is 9.03. The van der Waals surface area contributed by atoms with Crippen LogP contribution in [0.25, 0.3) is 6.08 Å². The summed E-state index contributed by atoms with van der Waals surface area (Å²) >= 11 is 1.17. The monoisotopic (exact) mass is 468 g/mol. The molecule has 0 spiro atoms. The second-order valence-electron chi connectivity index (χ2n) is 7.29. The van der Waals surface area contributed by atoms with Crippen molar-refractivity contribution in [2.24, 2.45) is 4.99 Å². The van der Waals surface area contributed by atoms with Gasteiger partial charge in [-0.25, -0.2) is 14.2 Å². The van der Waals surface area contributed by atoms with Crippen molar-refractivity contribution in [3.8, 4) is 11.5 Å². The number of fused-ring (bicyclic) bond motifs is 1. The maximum Gasteiger partial charge on any atom is 0.338 e. The van der Waals surface area contributed by atoms with E-state index in [9.17, 15) is 19.1 Å². The van der Waals surface area contributed by atoms with E-state index in [1.807, 2.05) is 0 Å². The number of phenolic OH excluding ortho intramolecular Hbond substituents is 1. The van der Waals surface area contributed by atoms with Crippen LogP contribution in [-0.4, -0.2) is 29.4 Å². The quantitative estimate of drug-likeness (QED) is 0.582. The number of halogens is 1. The predicted molar refractivity (Wildman–Crippen MR) is 121 cm³/mol. The van der Waals surface area contributed by atoms with Gasteiger partial charge in [-0.1, -0.05) is 29.5 Å². The third-order valence-electron chi connectivity index (χ3n) is 5.20. The highest BCUT2D eigenvalue weighted by Crippen LogP contribution is 2.31. The van der Waals surface area contributed by atoms with E-state index in [0.717, 1.165) is 0 Å². The highest BCUT2D eigenvalue weighted by atomic mass is 32.1. The zero-order valence-electron chi connectivity index (χ0n) is 18.2. The topological polar surface area (TPSA) is 90.1 Å². The second-order valence-corrected chi connectivity index (χ2v) is 8.29. The van der Waals surface area contributed by atoms with Gasteiger partial charge in [-0.3, -0.25) is 9.36 Å². The molecule has 0 amide bonds. The van der Waals surface area contributed by atoms with E-state index >= 15 is 0 Å². The lowest BCUT2D eigenvalue weighted by molar-refractivity contribution is -0.139. The van der Waals surface area contributed by atoms with E-state index in [1.54, 1.807) is 44.2 Å². The van der Waals surface area contributed by atoms with Gasteiger partial charge in [-0.15, -0.1) is 0 Å². The first-order chi connectivity index (χ1) is 15.8. The van der Waals surface area contributed by atoms with Crippen molar-refractivity contribution in [1.29, 1.82) is 0 Å². The van der Waals surface area contributed by atoms with Crippen molar-refractivity contribution in [3.63, 3.8) is 0 Å². The molecule has 0 radical (unpaired) electrons. The van der Waals surface area contributed by atoms with E-state index in [2.05, 4.69) is 4.99 Å². The molecule has 1 aromatic heterocycles. The molecule has 1 atom stereocenters. The minimum atomic E-state index is -0.808. The molecule has 2 aromatic carbocycles. The molecule has 3 aromatic rings. The van der Waals surface area contributed by atoms with Crippen LogP contribution in [0.5, 0.6) is 11.5 Å². The number of carbonyl (C=O) groups is 1. The number of nitrogens with zero attached hydrogens (tertiary/aromatic N) is 2. The van der Waals surface area contributed by atoms with Gasteiger partial charge in [0.2, 0.25) is 0 Å². The molecule has 170 valence electrons. The molecular formula is C24H21FN2O5S. The molecule has 2 heterocycles. The van der Waals surface area contributed by atoms with Crippen LogP contribution >= 0.6 is 11.3 Å². The van der Waals surface area contributed by atoms with Gasteiger partial charge in [0.05, 0.1) is 35.6 Å². The minimum absolute atomic E-state index is 0.0119. The molecule has 0 bridgehead atoms. The Bertz CT molecular complexity index is 1440. The highest BCUT2D eigenvalue weighted by molar-refractivity contribution is 7.07. The summed E-state index contributed by atoms with van der Waals surface area (Å²) < 4.78 is 25.8. The Morgan fingerprint density at radius 2 is 2.00 bits per heavy atom. The van der Waals surface area contributed by atoms with Crippen LogP contribution in [-0.2, 0) is 9.53 Å². The summed E-state index contributed by atoms with van der Waals surface area (Å²) in [6.45, 7) is 3.55. The number of thiazole rings is 1. The van der Waals surface area contributed by atoms with Crippen molar-refractivity contribution in [2.75, 3.05) is 13.7 Å². The summed E-state index contributed by atoms with van der Waals surface area (Å²) in [6.07, 6.45) is 1.66. The average molecular weight is 469 g/mol. The molecule has 0 unspecified atom stereocenters. The molecule has 1 aliphatic rings. The third-order valence-corrected chi connectivity index (χ3v) is 6.19. The molecule has 4 rings (SSSR count). The molecule has 7 nitrogen and oxygen atoms in total. The summed E-state index contributed by atoms with van der Waals surface area (Å²) in [6, 6.07) is 9.59. The van der Waals surface area contributed by atoms with Gasteiger partial charge in [-0.2, -0.15) is 0 Å². The van der Waals surface area contributed by atoms with Gasteiger partial charge in [0.15, 0.2) is 16.3 Å². The van der Waals surface area contributed by atoms with E-state index in [0.29, 0.717) is 26.2 Å². The number of hydrogen-bond donors (Lipinski definition) is 1. The maximum absolute atomic E-state index is 13.6. The number of hydrogen-bond acceptors (Lipinski definition) is 7. The number of phenols is 1. The van der Waals surface area contributed by atoms with E-state index in [4.69, 9.17) is 9.47 Å². The molecule has 0 fully saturated rings. The van der Waals surface area contributed by atoms with Gasteiger partial charge in [0.25, 0.3) is 5.56 Å². The van der Waals surface area contributed by atoms with Crippen LogP contribution in [0.15, 0.2) is 63.5 Å². The lowest BCUT2D eigenvalue weighted by atomic mass is 9.96. The Morgan fingerprint density at radius 1 is 1.27 bits per heavy atom. The largest absolute Gasteiger partial charge is 0.504 e. The van der Waals surface area contributed by atoms with Gasteiger partial charge < -0.3 is 14.6 Å². The number of methoxy groups -OCH3 is 1. The van der Waals surface area contributed by atoms with Crippen LogP contribution in [0.1, 0.15) is 31.0 Å². The number of allylic oxidation sites excluding steroid dienone is 1. The fourth-order valence-electron chi connectivity index (χ4n) is 3.69. The van der Waals surface area contributed by atoms with Crippen LogP contribution in [0.4, 0.5) is 4.39 Å². The van der Waals surface area contributed by atoms with E-state index in [-0.39, 0.29) is 29.2 Å². The first kappa shape index (κ1) is 22.5. The van der Waals surface area contributed by atoms with E-state index in [1.165, 1.54) is 41.2 Å². The fourth-order valence-corrected chi connectivity index (χ4v) is 4.73. The summed E-state index contributed by atoms with van der Waals surface area (Å²) in [4.78, 5) is 31.2. The third kappa shape index (κ3) is 4.19. The molecular weight excluding hydrogens is 447 g/mol. The highest BCUT2D eigenvalue weighted by Gasteiger charge is 2.33. The molecule has 1 N–H and O–H groups in total. The van der Waals surface area contributed by atoms with Gasteiger partial charge in [0, 0.05) is 0 Å². The summed E-state index contributed by atoms with van der Waals surface area (Å²) in [5.41, 5.74) is 1.52. The Kier molecular flexibility index (Phi) is 6.15. The van der Waals surface area contributed by atoms with Crippen molar-refractivity contribution in [2.45, 2.75) is 19.9 Å². The molecule has 1 aliphatic heterocycles. The lowest BCUT2D eigenvalue weighted by Gasteiger charge is -2.24. The first-order valence-electron chi connectivity index (χ1n) is 10.2. The van der Waals surface area contributed by atoms with Crippen LogP contribution in [0.2, 0.25) is 0 Å². The van der Waals surface area contributed by atoms with Gasteiger partial charge in [-0.05, 0) is 55.3 Å². The Balaban J connectivity index is 1.94. The predicted octanol–water partition coefficient (Wildman–Crippen LogP) is 2.65. The molecule has 0 aliphatic carbocycles. The number of aromatic hydroxyl groups is 1. The number of ether oxygens (including phenoxy) is 2. The van der Waals surface area contributed by atoms with Crippen LogP contribution < -0.4 is 19.6 Å². The number of rotatable bonds is 5. The minimum Gasteiger partial charge on any atom is -0.504 e. The van der Waals surface area contributed by atoms with Crippen molar-refractivity contribution in [1.82, 2.24) is 4.57 Å². The Morgan fingerprint density at radius 3 is 2.67 bits per heavy atom. The number of aromatic nitrogens is 1. The smallest absolute Gasteiger partial charge is 0.338 e. The molecule has 0 saturated carbocycles. The number of carbonyl (C=O) groups excluding carboxylic acids is 1. The standard InChI is InChI=1S/C24H21FN2O5S/c1-4-32-23(30)20-13(2)26-24-27(21(20)15-6-8-16(25)9-7-15)22(29)19(33-24)12-14-5-10-17(28)18(11-14)31-3/h5-12,21,28H,4H2,1-3H3/t21-/m1/s1. The van der Waals surface area contributed by atoms with E-state index < -0.39 is 17.8 Å². The van der Waals surface area contributed by atoms with Gasteiger partial charge in [0.1, 0.15) is 5.82 Å². The summed E-state index contributed by atoms with van der Waals surface area (Å²) in [5.74, 6) is -0.736. The molecule has 9 heteroatoms. The molecule has 0 saturated heterocycles. The molecule has 33 heavy (non-hydrogen) atoms. The maximum atomic E-state index is 13.6. The Hall–Kier alpha value is -3.72. The fraction of sp³-hybridized carbons (Fsp3) is 0.208. The van der Waals surface area contributed by atoms with Crippen LogP contribution in [0.3, 0.4) is 0 Å². The van der Waals surface area contributed by atoms with Crippen molar-refractivity contribution < 1.29 is 23.8 Å². The Labute approximate surface area is 192 Å². The SMILES string of the molecule is CCOC(=O)C1=C(C)N=c2sc(=Cc3ccc(O)c(OC)c3)c(=O)n2[C@@H]1c1ccc(F)cc1. The normalized spacial score (nSPS) is 15.8. The van der Waals surface area contributed by atoms with Crippen LogP contribution in [0, 0.1) is 5.82 Å². The van der Waals surface area contributed by atoms with Crippen molar-refractivity contribution in [3.05, 3.63) is 90.4 Å². The number of benzene rings is 2. The summed E-state index contributed by atoms with van der Waals surface area (Å²) in [7, 11) is 1.44. The van der Waals surface area contributed by atoms with Gasteiger partial charge >= 0.3 is 5.97 Å². The average Bonchev–Trinajstić information content (AvgIpc) is 3.09.